The third-order valence-corrected chi connectivity index (χ3v) is 3.68. The Labute approximate surface area is 110 Å². The SMILES string of the molecule is CCNC(COCC(F)(F)F)c1ccc(Br)s1. The lowest BCUT2D eigenvalue weighted by molar-refractivity contribution is -0.175. The summed E-state index contributed by atoms with van der Waals surface area (Å²) >= 11 is 4.81. The Balaban J connectivity index is 2.49. The maximum atomic E-state index is 11.9. The molecule has 1 aromatic heterocycles. The molecule has 1 aromatic rings. The van der Waals surface area contributed by atoms with Gasteiger partial charge in [-0.05, 0) is 34.6 Å². The molecule has 7 heteroatoms. The van der Waals surface area contributed by atoms with Crippen LogP contribution in [0.3, 0.4) is 0 Å². The topological polar surface area (TPSA) is 21.3 Å². The molecule has 17 heavy (non-hydrogen) atoms. The number of thiophene rings is 1. The first-order valence-electron chi connectivity index (χ1n) is 5.05. The van der Waals surface area contributed by atoms with Crippen molar-refractivity contribution in [2.24, 2.45) is 0 Å². The van der Waals surface area contributed by atoms with E-state index in [-0.39, 0.29) is 12.6 Å². The minimum Gasteiger partial charge on any atom is -0.370 e. The zero-order valence-corrected chi connectivity index (χ0v) is 11.6. The highest BCUT2D eigenvalue weighted by molar-refractivity contribution is 9.11. The van der Waals surface area contributed by atoms with Crippen molar-refractivity contribution < 1.29 is 17.9 Å². The van der Waals surface area contributed by atoms with Crippen LogP contribution >= 0.6 is 27.3 Å². The summed E-state index contributed by atoms with van der Waals surface area (Å²) in [6.07, 6.45) is -4.27. The number of hydrogen-bond donors (Lipinski definition) is 1. The Bertz CT molecular complexity index is 343. The highest BCUT2D eigenvalue weighted by Gasteiger charge is 2.28. The highest BCUT2D eigenvalue weighted by Crippen LogP contribution is 2.27. The molecule has 1 unspecified atom stereocenters. The van der Waals surface area contributed by atoms with Crippen LogP contribution in [0.5, 0.6) is 0 Å². The van der Waals surface area contributed by atoms with Gasteiger partial charge in [0, 0.05) is 4.88 Å². The second-order valence-corrected chi connectivity index (χ2v) is 5.88. The summed E-state index contributed by atoms with van der Waals surface area (Å²) < 4.78 is 41.5. The van der Waals surface area contributed by atoms with Gasteiger partial charge in [-0.2, -0.15) is 13.2 Å². The molecule has 0 fully saturated rings. The summed E-state index contributed by atoms with van der Waals surface area (Å²) in [6.45, 7) is 1.39. The summed E-state index contributed by atoms with van der Waals surface area (Å²) in [5.41, 5.74) is 0. The van der Waals surface area contributed by atoms with Crippen molar-refractivity contribution in [3.05, 3.63) is 20.8 Å². The molecule has 0 aliphatic rings. The summed E-state index contributed by atoms with van der Waals surface area (Å²) in [4.78, 5) is 0.959. The number of hydrogen-bond acceptors (Lipinski definition) is 3. The van der Waals surface area contributed by atoms with Crippen LogP contribution in [-0.4, -0.2) is 25.9 Å². The number of likely N-dealkylation sites (N-methyl/N-ethyl adjacent to an activating group) is 1. The number of ether oxygens (including phenoxy) is 1. The fourth-order valence-corrected chi connectivity index (χ4v) is 2.78. The van der Waals surface area contributed by atoms with Gasteiger partial charge in [-0.25, -0.2) is 0 Å². The molecule has 0 amide bonds. The van der Waals surface area contributed by atoms with Crippen LogP contribution in [0.1, 0.15) is 17.8 Å². The monoisotopic (exact) mass is 331 g/mol. The molecular weight excluding hydrogens is 319 g/mol. The Hall–Kier alpha value is -0.110. The number of halogens is 4. The molecule has 0 aromatic carbocycles. The lowest BCUT2D eigenvalue weighted by atomic mass is 10.2. The number of alkyl halides is 3. The highest BCUT2D eigenvalue weighted by atomic mass is 79.9. The molecule has 0 radical (unpaired) electrons. The Morgan fingerprint density at radius 3 is 2.65 bits per heavy atom. The number of rotatable bonds is 6. The average molecular weight is 332 g/mol. The smallest absolute Gasteiger partial charge is 0.370 e. The zero-order chi connectivity index (χ0) is 12.9. The van der Waals surface area contributed by atoms with Crippen molar-refractivity contribution in [3.63, 3.8) is 0 Å². The van der Waals surface area contributed by atoms with Gasteiger partial charge >= 0.3 is 6.18 Å². The van der Waals surface area contributed by atoms with E-state index in [0.717, 1.165) is 8.66 Å². The van der Waals surface area contributed by atoms with E-state index in [9.17, 15) is 13.2 Å². The maximum Gasteiger partial charge on any atom is 0.411 e. The minimum atomic E-state index is -4.27. The summed E-state index contributed by atoms with van der Waals surface area (Å²) in [5, 5.41) is 3.10. The van der Waals surface area contributed by atoms with Gasteiger partial charge in [0.1, 0.15) is 6.61 Å². The van der Waals surface area contributed by atoms with Crippen LogP contribution in [0.25, 0.3) is 0 Å². The van der Waals surface area contributed by atoms with Gasteiger partial charge in [-0.1, -0.05) is 6.92 Å². The predicted octanol–water partition coefficient (Wildman–Crippen LogP) is 3.74. The maximum absolute atomic E-state index is 11.9. The predicted molar refractivity (Wildman–Crippen MR) is 65.3 cm³/mol. The van der Waals surface area contributed by atoms with E-state index in [4.69, 9.17) is 0 Å². The van der Waals surface area contributed by atoms with Crippen LogP contribution in [-0.2, 0) is 4.74 Å². The van der Waals surface area contributed by atoms with Crippen molar-refractivity contribution in [2.45, 2.75) is 19.1 Å². The lowest BCUT2D eigenvalue weighted by Gasteiger charge is -2.17. The molecule has 1 heterocycles. The van der Waals surface area contributed by atoms with Crippen molar-refractivity contribution in [1.82, 2.24) is 5.32 Å². The lowest BCUT2D eigenvalue weighted by Crippen LogP contribution is -2.27. The van der Waals surface area contributed by atoms with Gasteiger partial charge in [0.2, 0.25) is 0 Å². The van der Waals surface area contributed by atoms with Gasteiger partial charge in [-0.3, -0.25) is 0 Å². The third-order valence-electron chi connectivity index (χ3n) is 1.94. The van der Waals surface area contributed by atoms with Crippen LogP contribution < -0.4 is 5.32 Å². The molecule has 0 saturated carbocycles. The van der Waals surface area contributed by atoms with E-state index in [1.807, 2.05) is 19.1 Å². The summed E-state index contributed by atoms with van der Waals surface area (Å²) in [5.74, 6) is 0. The Kier molecular flexibility index (Phi) is 5.91. The van der Waals surface area contributed by atoms with Crippen LogP contribution in [0.15, 0.2) is 15.9 Å². The second-order valence-electron chi connectivity index (χ2n) is 3.38. The molecule has 1 atom stereocenters. The van der Waals surface area contributed by atoms with Crippen molar-refractivity contribution in [3.8, 4) is 0 Å². The van der Waals surface area contributed by atoms with Gasteiger partial charge in [-0.15, -0.1) is 11.3 Å². The molecule has 0 bridgehead atoms. The average Bonchev–Trinajstić information content (AvgIpc) is 2.62. The van der Waals surface area contributed by atoms with Crippen molar-refractivity contribution >= 4 is 27.3 Å². The van der Waals surface area contributed by atoms with Crippen LogP contribution in [0, 0.1) is 0 Å². The quantitative estimate of drug-likeness (QED) is 0.857. The Morgan fingerprint density at radius 2 is 2.18 bits per heavy atom. The zero-order valence-electron chi connectivity index (χ0n) is 9.18. The molecule has 0 spiro atoms. The van der Waals surface area contributed by atoms with E-state index in [1.165, 1.54) is 11.3 Å². The van der Waals surface area contributed by atoms with E-state index >= 15 is 0 Å². The first-order valence-corrected chi connectivity index (χ1v) is 6.66. The molecule has 98 valence electrons. The van der Waals surface area contributed by atoms with Crippen LogP contribution in [0.2, 0.25) is 0 Å². The van der Waals surface area contributed by atoms with Crippen LogP contribution in [0.4, 0.5) is 13.2 Å². The minimum absolute atomic E-state index is 0.0142. The molecular formula is C10H13BrF3NOS. The standard InChI is InChI=1S/C10H13BrF3NOS/c1-2-15-7(5-16-6-10(12,13)14)8-3-4-9(11)17-8/h3-4,7,15H,2,5-6H2,1H3. The van der Waals surface area contributed by atoms with E-state index < -0.39 is 12.8 Å². The van der Waals surface area contributed by atoms with Crippen molar-refractivity contribution in [1.29, 1.82) is 0 Å². The van der Waals surface area contributed by atoms with Gasteiger partial charge < -0.3 is 10.1 Å². The molecule has 2 nitrogen and oxygen atoms in total. The fraction of sp³-hybridized carbons (Fsp3) is 0.600. The fourth-order valence-electron chi connectivity index (χ4n) is 1.30. The number of nitrogens with one attached hydrogen (secondary N) is 1. The Morgan fingerprint density at radius 1 is 1.47 bits per heavy atom. The second kappa shape index (κ2) is 6.72. The van der Waals surface area contributed by atoms with Gasteiger partial charge in [0.25, 0.3) is 0 Å². The molecule has 0 aliphatic heterocycles. The van der Waals surface area contributed by atoms with E-state index in [2.05, 4.69) is 26.0 Å². The van der Waals surface area contributed by atoms with E-state index in [1.54, 1.807) is 0 Å². The summed E-state index contributed by atoms with van der Waals surface area (Å²) in [6, 6.07) is 3.55. The van der Waals surface area contributed by atoms with Crippen molar-refractivity contribution in [2.75, 3.05) is 19.8 Å². The third kappa shape index (κ3) is 5.85. The first kappa shape index (κ1) is 14.9. The summed E-state index contributed by atoms with van der Waals surface area (Å²) in [7, 11) is 0. The molecule has 0 aliphatic carbocycles. The largest absolute Gasteiger partial charge is 0.411 e. The molecule has 1 N–H and O–H groups in total. The van der Waals surface area contributed by atoms with Gasteiger partial charge in [0.05, 0.1) is 16.4 Å². The van der Waals surface area contributed by atoms with Gasteiger partial charge in [0.15, 0.2) is 0 Å². The van der Waals surface area contributed by atoms with E-state index in [0.29, 0.717) is 6.54 Å². The normalized spacial score (nSPS) is 13.9. The molecule has 0 saturated heterocycles. The first-order chi connectivity index (χ1) is 7.92. The molecule has 1 rings (SSSR count).